The largest absolute Gasteiger partial charge is 0.465 e. The molecule has 1 rings (SSSR count). The molecule has 3 nitrogen and oxygen atoms in total. The summed E-state index contributed by atoms with van der Waals surface area (Å²) in [6.45, 7) is 10.1. The van der Waals surface area contributed by atoms with Crippen molar-refractivity contribution >= 4 is 0 Å². The van der Waals surface area contributed by atoms with E-state index in [4.69, 9.17) is 10.2 Å². The van der Waals surface area contributed by atoms with E-state index in [1.807, 2.05) is 6.92 Å². The first-order chi connectivity index (χ1) is 7.71. The van der Waals surface area contributed by atoms with Crippen molar-refractivity contribution < 1.29 is 4.42 Å². The zero-order valence-corrected chi connectivity index (χ0v) is 10.8. The summed E-state index contributed by atoms with van der Waals surface area (Å²) in [4.78, 5) is 2.40. The average Bonchev–Trinajstić information content (AvgIpc) is 2.64. The molecule has 16 heavy (non-hydrogen) atoms. The summed E-state index contributed by atoms with van der Waals surface area (Å²) < 4.78 is 5.70. The van der Waals surface area contributed by atoms with Gasteiger partial charge >= 0.3 is 0 Å². The van der Waals surface area contributed by atoms with Gasteiger partial charge in [0.05, 0.1) is 6.54 Å². The molecule has 0 unspecified atom stereocenters. The normalized spacial score (nSPS) is 11.3. The minimum Gasteiger partial charge on any atom is -0.465 e. The Hall–Kier alpha value is -0.800. The van der Waals surface area contributed by atoms with Gasteiger partial charge in [0.2, 0.25) is 0 Å². The van der Waals surface area contributed by atoms with Crippen molar-refractivity contribution in [2.45, 2.75) is 46.7 Å². The zero-order valence-electron chi connectivity index (χ0n) is 10.8. The molecular formula is C13H24N2O. The third-order valence-electron chi connectivity index (χ3n) is 2.95. The van der Waals surface area contributed by atoms with E-state index in [0.717, 1.165) is 36.7 Å². The van der Waals surface area contributed by atoms with Crippen molar-refractivity contribution in [2.75, 3.05) is 13.1 Å². The fourth-order valence-corrected chi connectivity index (χ4v) is 1.82. The van der Waals surface area contributed by atoms with Gasteiger partial charge in [-0.05, 0) is 32.5 Å². The Morgan fingerprint density at radius 2 is 2.12 bits per heavy atom. The van der Waals surface area contributed by atoms with Crippen LogP contribution < -0.4 is 5.73 Å². The molecule has 0 amide bonds. The van der Waals surface area contributed by atoms with Crippen LogP contribution in [0.15, 0.2) is 10.5 Å². The lowest BCUT2D eigenvalue weighted by Crippen LogP contribution is -2.23. The summed E-state index contributed by atoms with van der Waals surface area (Å²) in [5, 5.41) is 0. The molecule has 1 heterocycles. The summed E-state index contributed by atoms with van der Waals surface area (Å²) in [5.41, 5.74) is 6.76. The second kappa shape index (κ2) is 6.71. The second-order valence-electron chi connectivity index (χ2n) is 4.22. The number of aryl methyl sites for hydroxylation is 1. The Morgan fingerprint density at radius 3 is 2.62 bits per heavy atom. The minimum absolute atomic E-state index is 0.566. The van der Waals surface area contributed by atoms with Crippen LogP contribution in [0, 0.1) is 6.92 Å². The summed E-state index contributed by atoms with van der Waals surface area (Å²) in [6.07, 6.45) is 2.49. The lowest BCUT2D eigenvalue weighted by atomic mass is 10.2. The third kappa shape index (κ3) is 3.65. The third-order valence-corrected chi connectivity index (χ3v) is 2.95. The molecule has 3 heteroatoms. The van der Waals surface area contributed by atoms with Gasteiger partial charge in [-0.3, -0.25) is 4.90 Å². The predicted molar refractivity (Wildman–Crippen MR) is 67.2 cm³/mol. The van der Waals surface area contributed by atoms with Crippen LogP contribution in [0.25, 0.3) is 0 Å². The van der Waals surface area contributed by atoms with Gasteiger partial charge in [-0.15, -0.1) is 0 Å². The topological polar surface area (TPSA) is 42.4 Å². The van der Waals surface area contributed by atoms with Crippen molar-refractivity contribution in [1.29, 1.82) is 0 Å². The Morgan fingerprint density at radius 1 is 1.38 bits per heavy atom. The number of nitrogens with zero attached hydrogens (tertiary/aromatic N) is 1. The summed E-state index contributed by atoms with van der Waals surface area (Å²) >= 11 is 0. The number of unbranched alkanes of at least 4 members (excludes halogenated alkanes) is 1. The van der Waals surface area contributed by atoms with Crippen LogP contribution in [0.5, 0.6) is 0 Å². The van der Waals surface area contributed by atoms with Gasteiger partial charge in [0.1, 0.15) is 11.5 Å². The van der Waals surface area contributed by atoms with Crippen molar-refractivity contribution in [3.05, 3.63) is 23.2 Å². The molecular weight excluding hydrogens is 200 g/mol. The first-order valence-electron chi connectivity index (χ1n) is 6.21. The van der Waals surface area contributed by atoms with Crippen LogP contribution in [0.4, 0.5) is 0 Å². The highest BCUT2D eigenvalue weighted by Crippen LogP contribution is 2.15. The van der Waals surface area contributed by atoms with E-state index >= 15 is 0 Å². The highest BCUT2D eigenvalue weighted by Gasteiger charge is 2.09. The molecule has 0 saturated carbocycles. The quantitative estimate of drug-likeness (QED) is 0.774. The van der Waals surface area contributed by atoms with Crippen molar-refractivity contribution in [2.24, 2.45) is 5.73 Å². The van der Waals surface area contributed by atoms with Crippen molar-refractivity contribution in [3.8, 4) is 0 Å². The van der Waals surface area contributed by atoms with Crippen LogP contribution in [0.1, 0.15) is 43.8 Å². The van der Waals surface area contributed by atoms with Gasteiger partial charge in [0.15, 0.2) is 0 Å². The Labute approximate surface area is 98.6 Å². The fraction of sp³-hybridized carbons (Fsp3) is 0.692. The van der Waals surface area contributed by atoms with E-state index in [1.165, 1.54) is 12.8 Å². The number of nitrogens with two attached hydrogens (primary N) is 1. The number of rotatable bonds is 7. The highest BCUT2D eigenvalue weighted by molar-refractivity contribution is 5.20. The highest BCUT2D eigenvalue weighted by atomic mass is 16.3. The standard InChI is InChI=1S/C13H24N2O/c1-4-6-7-15(5-2)10-13-8-12(9-14)11(3)16-13/h8H,4-7,9-10,14H2,1-3H3. The van der Waals surface area contributed by atoms with Gasteiger partial charge in [-0.1, -0.05) is 20.3 Å². The molecule has 0 aliphatic carbocycles. The first-order valence-corrected chi connectivity index (χ1v) is 6.21. The van der Waals surface area contributed by atoms with Gasteiger partial charge < -0.3 is 10.2 Å². The molecule has 0 radical (unpaired) electrons. The molecule has 0 bridgehead atoms. The Kier molecular flexibility index (Phi) is 5.56. The maximum Gasteiger partial charge on any atom is 0.118 e. The lowest BCUT2D eigenvalue weighted by Gasteiger charge is -2.18. The Bertz CT molecular complexity index is 307. The molecule has 1 aromatic heterocycles. The van der Waals surface area contributed by atoms with Gasteiger partial charge in [0.25, 0.3) is 0 Å². The maximum atomic E-state index is 5.70. The predicted octanol–water partition coefficient (Wildman–Crippen LogP) is 2.67. The molecule has 0 aliphatic rings. The lowest BCUT2D eigenvalue weighted by molar-refractivity contribution is 0.250. The molecule has 92 valence electrons. The molecule has 2 N–H and O–H groups in total. The average molecular weight is 224 g/mol. The van der Waals surface area contributed by atoms with Gasteiger partial charge in [-0.25, -0.2) is 0 Å². The molecule has 0 aromatic carbocycles. The van der Waals surface area contributed by atoms with Crippen LogP contribution in [-0.4, -0.2) is 18.0 Å². The van der Waals surface area contributed by atoms with E-state index in [1.54, 1.807) is 0 Å². The van der Waals surface area contributed by atoms with E-state index in [-0.39, 0.29) is 0 Å². The maximum absolute atomic E-state index is 5.70. The number of hydrogen-bond acceptors (Lipinski definition) is 3. The van der Waals surface area contributed by atoms with Crippen molar-refractivity contribution in [1.82, 2.24) is 4.90 Å². The molecule has 0 atom stereocenters. The van der Waals surface area contributed by atoms with Crippen LogP contribution in [0.3, 0.4) is 0 Å². The summed E-state index contributed by atoms with van der Waals surface area (Å²) in [7, 11) is 0. The second-order valence-corrected chi connectivity index (χ2v) is 4.22. The van der Waals surface area contributed by atoms with Gasteiger partial charge in [-0.2, -0.15) is 0 Å². The van der Waals surface area contributed by atoms with Crippen molar-refractivity contribution in [3.63, 3.8) is 0 Å². The van der Waals surface area contributed by atoms with E-state index in [2.05, 4.69) is 24.8 Å². The summed E-state index contributed by atoms with van der Waals surface area (Å²) in [6, 6.07) is 2.09. The zero-order chi connectivity index (χ0) is 12.0. The number of furan rings is 1. The molecule has 0 aliphatic heterocycles. The SMILES string of the molecule is CCCCN(CC)Cc1cc(CN)c(C)o1. The van der Waals surface area contributed by atoms with Crippen LogP contribution in [0.2, 0.25) is 0 Å². The van der Waals surface area contributed by atoms with E-state index < -0.39 is 0 Å². The van der Waals surface area contributed by atoms with E-state index in [0.29, 0.717) is 6.54 Å². The molecule has 0 fully saturated rings. The molecule has 1 aromatic rings. The van der Waals surface area contributed by atoms with Gasteiger partial charge in [0, 0.05) is 12.1 Å². The fourth-order valence-electron chi connectivity index (χ4n) is 1.82. The minimum atomic E-state index is 0.566. The van der Waals surface area contributed by atoms with Crippen LogP contribution in [-0.2, 0) is 13.1 Å². The summed E-state index contributed by atoms with van der Waals surface area (Å²) in [5.74, 6) is 2.00. The first kappa shape index (κ1) is 13.3. The molecule has 0 spiro atoms. The monoisotopic (exact) mass is 224 g/mol. The van der Waals surface area contributed by atoms with Crippen LogP contribution >= 0.6 is 0 Å². The van der Waals surface area contributed by atoms with E-state index in [9.17, 15) is 0 Å². The number of hydrogen-bond donors (Lipinski definition) is 1. The smallest absolute Gasteiger partial charge is 0.118 e. The Balaban J connectivity index is 2.55. The molecule has 0 saturated heterocycles.